The largest absolute Gasteiger partial charge is 0.760 e. The van der Waals surface area contributed by atoms with E-state index in [9.17, 15) is 8.76 Å². The van der Waals surface area contributed by atoms with Crippen LogP contribution in [0.15, 0.2) is 11.6 Å². The number of nitrogens with one attached hydrogen (secondary N) is 1. The fraction of sp³-hybridized carbons (Fsp3) is 0.600. The zero-order chi connectivity index (χ0) is 7.28. The van der Waals surface area contributed by atoms with Crippen LogP contribution in [-0.2, 0) is 11.3 Å². The topological polar surface area (TPSA) is 52.2 Å². The predicted molar refractivity (Wildman–Crippen MR) is 36.4 cm³/mol. The lowest BCUT2D eigenvalue weighted by Crippen LogP contribution is -2.15. The summed E-state index contributed by atoms with van der Waals surface area (Å²) in [4.78, 5) is 0. The van der Waals surface area contributed by atoms with E-state index in [1.165, 1.54) is 0 Å². The van der Waals surface area contributed by atoms with Crippen molar-refractivity contribution < 1.29 is 8.76 Å². The number of hydrogen-bond acceptors (Lipinski definition) is 2. The smallest absolute Gasteiger partial charge is 0.0254 e. The van der Waals surface area contributed by atoms with Gasteiger partial charge >= 0.3 is 0 Å². The molecular weight excluding hydrogens is 138 g/mol. The molecule has 0 aromatic carbocycles. The Bertz CT molecular complexity index is 129. The zero-order valence-corrected chi connectivity index (χ0v) is 6.33. The Morgan fingerprint density at radius 1 is 1.78 bits per heavy atom. The second-order valence-electron chi connectivity index (χ2n) is 1.86. The van der Waals surface area contributed by atoms with E-state index in [4.69, 9.17) is 0 Å². The minimum absolute atomic E-state index is 0.387. The van der Waals surface area contributed by atoms with Gasteiger partial charge in [-0.1, -0.05) is 11.6 Å². The predicted octanol–water partition coefficient (Wildman–Crippen LogP) is 0.336. The Morgan fingerprint density at radius 2 is 2.33 bits per heavy atom. The monoisotopic (exact) mass is 148 g/mol. The van der Waals surface area contributed by atoms with Gasteiger partial charge in [0.05, 0.1) is 0 Å². The maximum Gasteiger partial charge on any atom is 0.0254 e. The van der Waals surface area contributed by atoms with Crippen LogP contribution in [0.5, 0.6) is 0 Å². The summed E-state index contributed by atoms with van der Waals surface area (Å²) >= 11 is -2.13. The molecule has 3 nitrogen and oxygen atoms in total. The molecule has 0 heterocycles. The molecule has 0 fully saturated rings. The molecule has 0 bridgehead atoms. The van der Waals surface area contributed by atoms with Gasteiger partial charge in [-0.15, -0.1) is 0 Å². The van der Waals surface area contributed by atoms with E-state index in [1.54, 1.807) is 6.08 Å². The van der Waals surface area contributed by atoms with E-state index >= 15 is 0 Å². The normalized spacial score (nSPS) is 12.8. The molecular formula is C5H10NO2S-. The van der Waals surface area contributed by atoms with Crippen molar-refractivity contribution >= 4 is 11.3 Å². The van der Waals surface area contributed by atoms with Gasteiger partial charge in [0.1, 0.15) is 0 Å². The molecule has 0 saturated heterocycles. The summed E-state index contributed by atoms with van der Waals surface area (Å²) in [7, 11) is 0. The number of rotatable bonds is 3. The quantitative estimate of drug-likeness (QED) is 0.463. The van der Waals surface area contributed by atoms with Crippen LogP contribution in [0.3, 0.4) is 0 Å². The van der Waals surface area contributed by atoms with Crippen LogP contribution in [-0.4, -0.2) is 15.3 Å². The maximum atomic E-state index is 9.84. The molecule has 0 aliphatic carbocycles. The lowest BCUT2D eigenvalue weighted by molar-refractivity contribution is 0.526. The number of allylic oxidation sites excluding steroid dienone is 1. The summed E-state index contributed by atoms with van der Waals surface area (Å²) in [5, 5.41) is 0. The Labute approximate surface area is 57.6 Å². The lowest BCUT2D eigenvalue weighted by Gasteiger charge is -2.02. The third-order valence-electron chi connectivity index (χ3n) is 0.711. The standard InChI is InChI=1S/C5H11NO2S/c1-5(2)3-4-6-9(7)8/h3,6H,4H2,1-2H3,(H,7,8)/p-1. The van der Waals surface area contributed by atoms with Crippen molar-refractivity contribution in [3.63, 3.8) is 0 Å². The van der Waals surface area contributed by atoms with Crippen molar-refractivity contribution in [3.05, 3.63) is 11.6 Å². The molecule has 1 N–H and O–H groups in total. The van der Waals surface area contributed by atoms with Crippen molar-refractivity contribution in [2.75, 3.05) is 6.54 Å². The first-order chi connectivity index (χ1) is 4.13. The SMILES string of the molecule is CC(C)=CCNS(=O)[O-]. The van der Waals surface area contributed by atoms with Crippen molar-refractivity contribution in [1.29, 1.82) is 0 Å². The molecule has 9 heavy (non-hydrogen) atoms. The molecule has 1 atom stereocenters. The van der Waals surface area contributed by atoms with Gasteiger partial charge in [0, 0.05) is 17.8 Å². The second-order valence-corrected chi connectivity index (χ2v) is 2.62. The first-order valence-electron chi connectivity index (χ1n) is 2.59. The van der Waals surface area contributed by atoms with Crippen molar-refractivity contribution in [2.45, 2.75) is 13.8 Å². The summed E-state index contributed by atoms with van der Waals surface area (Å²) < 4.78 is 21.9. The second kappa shape index (κ2) is 4.67. The van der Waals surface area contributed by atoms with E-state index in [2.05, 4.69) is 4.72 Å². The third kappa shape index (κ3) is 7.81. The summed E-state index contributed by atoms with van der Waals surface area (Å²) in [6, 6.07) is 0. The lowest BCUT2D eigenvalue weighted by atomic mass is 10.3. The van der Waals surface area contributed by atoms with Gasteiger partial charge in [-0.2, -0.15) is 0 Å². The van der Waals surface area contributed by atoms with E-state index in [0.717, 1.165) is 5.57 Å². The summed E-state index contributed by atoms with van der Waals surface area (Å²) in [5.74, 6) is 0. The van der Waals surface area contributed by atoms with Crippen LogP contribution >= 0.6 is 0 Å². The van der Waals surface area contributed by atoms with Crippen LogP contribution in [0.25, 0.3) is 0 Å². The average molecular weight is 148 g/mol. The van der Waals surface area contributed by atoms with Crippen LogP contribution in [0.1, 0.15) is 13.8 Å². The molecule has 0 aliphatic rings. The molecule has 0 amide bonds. The van der Waals surface area contributed by atoms with Gasteiger partial charge in [-0.3, -0.25) is 4.21 Å². The van der Waals surface area contributed by atoms with E-state index in [-0.39, 0.29) is 0 Å². The fourth-order valence-electron chi connectivity index (χ4n) is 0.314. The van der Waals surface area contributed by atoms with Gasteiger partial charge in [0.2, 0.25) is 0 Å². The Balaban J connectivity index is 3.31. The van der Waals surface area contributed by atoms with Gasteiger partial charge in [-0.25, -0.2) is 4.72 Å². The Morgan fingerprint density at radius 3 is 2.67 bits per heavy atom. The van der Waals surface area contributed by atoms with Crippen LogP contribution < -0.4 is 4.72 Å². The average Bonchev–Trinajstić information content (AvgIpc) is 1.63. The highest BCUT2D eigenvalue weighted by atomic mass is 32.2. The zero-order valence-electron chi connectivity index (χ0n) is 5.51. The van der Waals surface area contributed by atoms with Crippen LogP contribution in [0.2, 0.25) is 0 Å². The maximum absolute atomic E-state index is 9.84. The first kappa shape index (κ1) is 8.81. The van der Waals surface area contributed by atoms with E-state index in [0.29, 0.717) is 6.54 Å². The molecule has 0 aromatic heterocycles. The third-order valence-corrected chi connectivity index (χ3v) is 1.11. The molecule has 0 saturated carbocycles. The van der Waals surface area contributed by atoms with Crippen molar-refractivity contribution in [2.24, 2.45) is 0 Å². The van der Waals surface area contributed by atoms with Crippen molar-refractivity contribution in [1.82, 2.24) is 4.72 Å². The number of hydrogen-bond donors (Lipinski definition) is 1. The van der Waals surface area contributed by atoms with E-state index < -0.39 is 11.3 Å². The van der Waals surface area contributed by atoms with Gasteiger partial charge in [-0.05, 0) is 13.8 Å². The van der Waals surface area contributed by atoms with Crippen molar-refractivity contribution in [3.8, 4) is 0 Å². The highest BCUT2D eigenvalue weighted by Gasteiger charge is 1.78. The van der Waals surface area contributed by atoms with Crippen LogP contribution in [0.4, 0.5) is 0 Å². The Kier molecular flexibility index (Phi) is 4.57. The summed E-state index contributed by atoms with van der Waals surface area (Å²) in [6.45, 7) is 4.21. The van der Waals surface area contributed by atoms with E-state index in [1.807, 2.05) is 13.8 Å². The highest BCUT2D eigenvalue weighted by molar-refractivity contribution is 7.77. The molecule has 1 unspecified atom stereocenters. The first-order valence-corrected chi connectivity index (χ1v) is 3.66. The molecule has 0 aliphatic heterocycles. The minimum Gasteiger partial charge on any atom is -0.760 e. The minimum atomic E-state index is -2.13. The molecule has 0 rings (SSSR count). The fourth-order valence-corrected chi connectivity index (χ4v) is 0.533. The summed E-state index contributed by atoms with van der Waals surface area (Å²) in [6.07, 6.45) is 1.80. The van der Waals surface area contributed by atoms with Gasteiger partial charge in [0.15, 0.2) is 0 Å². The molecule has 0 aromatic rings. The Hall–Kier alpha value is -0.190. The molecule has 0 radical (unpaired) electrons. The highest BCUT2D eigenvalue weighted by Crippen LogP contribution is 1.84. The van der Waals surface area contributed by atoms with Gasteiger partial charge in [0.25, 0.3) is 0 Å². The summed E-state index contributed by atoms with van der Waals surface area (Å²) in [5.41, 5.74) is 1.10. The molecule has 4 heteroatoms. The molecule has 0 spiro atoms. The molecule has 54 valence electrons. The van der Waals surface area contributed by atoms with Gasteiger partial charge < -0.3 is 4.55 Å². The van der Waals surface area contributed by atoms with Crippen LogP contribution in [0, 0.1) is 0 Å².